The van der Waals surface area contributed by atoms with Crippen LogP contribution in [-0.4, -0.2) is 74.9 Å². The van der Waals surface area contributed by atoms with Gasteiger partial charge in [-0.15, -0.1) is 0 Å². The van der Waals surface area contributed by atoms with E-state index >= 15 is 0 Å². The van der Waals surface area contributed by atoms with E-state index in [4.69, 9.17) is 53.8 Å². The summed E-state index contributed by atoms with van der Waals surface area (Å²) in [6, 6.07) is 6.84. The minimum absolute atomic E-state index is 0.0878. The molecule has 2 amide bonds. The molecule has 0 saturated heterocycles. The van der Waals surface area contributed by atoms with E-state index in [1.165, 1.54) is 12.0 Å². The Hall–Kier alpha value is -1.81. The maximum atomic E-state index is 12.8. The molecule has 0 heterocycles. The molecule has 0 bridgehead atoms. The molecule has 0 aliphatic rings. The Morgan fingerprint density at radius 3 is 2.30 bits per heavy atom. The predicted molar refractivity (Wildman–Crippen MR) is 147 cm³/mol. The van der Waals surface area contributed by atoms with Gasteiger partial charge >= 0.3 is 0 Å². The number of ether oxygens (including phenoxy) is 4. The lowest BCUT2D eigenvalue weighted by Crippen LogP contribution is -2.48. The summed E-state index contributed by atoms with van der Waals surface area (Å²) in [5.41, 5.74) is 1.74. The number of nitrogens with zero attached hydrogens (tertiary/aromatic N) is 1. The van der Waals surface area contributed by atoms with Gasteiger partial charge in [0.1, 0.15) is 12.5 Å². The number of nitrogens with one attached hydrogen (secondary N) is 1. The van der Waals surface area contributed by atoms with Gasteiger partial charge in [-0.1, -0.05) is 71.2 Å². The Bertz CT molecular complexity index is 887. The van der Waals surface area contributed by atoms with Crippen LogP contribution in [0.4, 0.5) is 0 Å². The fourth-order valence-corrected chi connectivity index (χ4v) is 3.66. The molecule has 1 aromatic carbocycles. The molecule has 0 spiro atoms. The summed E-state index contributed by atoms with van der Waals surface area (Å²) in [6.07, 6.45) is 3.52. The Morgan fingerprint density at radius 2 is 1.78 bits per heavy atom. The fourth-order valence-electron chi connectivity index (χ4n) is 3.49. The number of halogens is 3. The normalized spacial score (nSPS) is 14.2. The lowest BCUT2D eigenvalue weighted by Gasteiger charge is -2.34. The summed E-state index contributed by atoms with van der Waals surface area (Å²) in [7, 11) is 6.45. The molecule has 37 heavy (non-hydrogen) atoms. The molecule has 0 radical (unpaired) electrons. The SMILES string of the molecule is C=C(C)[C@@H](COCc1ccc(OC)cc1)[C@H](CC(=O)N(C)C)[C@@H](/C=C/COCOC)NC(=O)C(Cl)(Cl)Cl. The lowest BCUT2D eigenvalue weighted by molar-refractivity contribution is -0.131. The van der Waals surface area contributed by atoms with Gasteiger partial charge in [-0.2, -0.15) is 0 Å². The van der Waals surface area contributed by atoms with Crippen LogP contribution in [0.1, 0.15) is 18.9 Å². The van der Waals surface area contributed by atoms with Crippen molar-refractivity contribution in [3.8, 4) is 5.75 Å². The molecule has 1 rings (SSSR count). The van der Waals surface area contributed by atoms with E-state index in [0.29, 0.717) is 6.61 Å². The number of carbonyl (C=O) groups excluding carboxylic acids is 2. The van der Waals surface area contributed by atoms with Crippen LogP contribution in [0.5, 0.6) is 5.75 Å². The molecule has 1 N–H and O–H groups in total. The molecule has 1 aromatic rings. The first-order valence-electron chi connectivity index (χ1n) is 11.6. The molecule has 208 valence electrons. The third-order valence-corrected chi connectivity index (χ3v) is 6.07. The van der Waals surface area contributed by atoms with Crippen molar-refractivity contribution < 1.29 is 28.5 Å². The van der Waals surface area contributed by atoms with Crippen LogP contribution in [0, 0.1) is 11.8 Å². The first kappa shape index (κ1) is 33.2. The predicted octanol–water partition coefficient (Wildman–Crippen LogP) is 4.53. The standard InChI is InChI=1S/C26H37Cl3N2O6/c1-18(2)22(16-37-15-19-9-11-20(35-6)12-10-19)21(14-24(32)31(3)4)23(8-7-13-36-17-34-5)30-25(33)26(27,28)29/h7-12,21-23H,1,13-17H2,2-6H3,(H,30,33)/b8-7+/t21-,22+,23+/m0/s1. The van der Waals surface area contributed by atoms with Gasteiger partial charge in [-0.25, -0.2) is 0 Å². The summed E-state index contributed by atoms with van der Waals surface area (Å²) < 4.78 is 19.2. The van der Waals surface area contributed by atoms with Crippen molar-refractivity contribution in [1.29, 1.82) is 0 Å². The Balaban J connectivity index is 3.22. The molecular formula is C26H37Cl3N2O6. The molecule has 3 atom stereocenters. The van der Waals surface area contributed by atoms with E-state index in [2.05, 4.69) is 11.9 Å². The van der Waals surface area contributed by atoms with Gasteiger partial charge in [0.05, 0.1) is 33.0 Å². The average molecular weight is 580 g/mol. The van der Waals surface area contributed by atoms with Crippen LogP contribution in [0.15, 0.2) is 48.6 Å². The highest BCUT2D eigenvalue weighted by atomic mass is 35.6. The zero-order valence-electron chi connectivity index (χ0n) is 22.0. The van der Waals surface area contributed by atoms with Crippen molar-refractivity contribution in [2.75, 3.05) is 48.3 Å². The van der Waals surface area contributed by atoms with Crippen molar-refractivity contribution in [2.24, 2.45) is 11.8 Å². The van der Waals surface area contributed by atoms with Gasteiger partial charge in [0, 0.05) is 39.5 Å². The number of methoxy groups -OCH3 is 2. The zero-order chi connectivity index (χ0) is 28.0. The average Bonchev–Trinajstić information content (AvgIpc) is 2.84. The fraction of sp³-hybridized carbons (Fsp3) is 0.538. The highest BCUT2D eigenvalue weighted by Gasteiger charge is 2.37. The van der Waals surface area contributed by atoms with Gasteiger partial charge in [-0.05, 0) is 24.6 Å². The third-order valence-electron chi connectivity index (χ3n) is 5.56. The maximum absolute atomic E-state index is 12.8. The third kappa shape index (κ3) is 12.5. The van der Waals surface area contributed by atoms with Crippen LogP contribution >= 0.6 is 34.8 Å². The van der Waals surface area contributed by atoms with E-state index < -0.39 is 21.7 Å². The zero-order valence-corrected chi connectivity index (χ0v) is 24.2. The van der Waals surface area contributed by atoms with Gasteiger partial charge in [0.15, 0.2) is 0 Å². The summed E-state index contributed by atoms with van der Waals surface area (Å²) in [4.78, 5) is 26.9. The summed E-state index contributed by atoms with van der Waals surface area (Å²) in [6.45, 7) is 6.90. The van der Waals surface area contributed by atoms with Crippen LogP contribution < -0.4 is 10.1 Å². The van der Waals surface area contributed by atoms with Crippen LogP contribution in [0.3, 0.4) is 0 Å². The van der Waals surface area contributed by atoms with Gasteiger partial charge in [0.25, 0.3) is 9.70 Å². The Labute approximate surface area is 234 Å². The molecule has 0 aromatic heterocycles. The first-order chi connectivity index (χ1) is 17.4. The molecule has 0 fully saturated rings. The van der Waals surface area contributed by atoms with Crippen molar-refractivity contribution in [3.63, 3.8) is 0 Å². The van der Waals surface area contributed by atoms with E-state index in [1.54, 1.807) is 33.4 Å². The number of rotatable bonds is 16. The van der Waals surface area contributed by atoms with Crippen molar-refractivity contribution in [2.45, 2.75) is 29.8 Å². The second-order valence-electron chi connectivity index (χ2n) is 8.67. The maximum Gasteiger partial charge on any atom is 0.272 e. The topological polar surface area (TPSA) is 86.3 Å². The van der Waals surface area contributed by atoms with Crippen molar-refractivity contribution >= 4 is 46.6 Å². The molecule has 0 unspecified atom stereocenters. The molecule has 8 nitrogen and oxygen atoms in total. The van der Waals surface area contributed by atoms with Gasteiger partial charge < -0.3 is 29.2 Å². The lowest BCUT2D eigenvalue weighted by atomic mass is 9.79. The summed E-state index contributed by atoms with van der Waals surface area (Å²) in [5, 5.41) is 2.76. The highest BCUT2D eigenvalue weighted by molar-refractivity contribution is 6.76. The number of benzene rings is 1. The largest absolute Gasteiger partial charge is 0.497 e. The summed E-state index contributed by atoms with van der Waals surface area (Å²) in [5.74, 6) is -0.972. The van der Waals surface area contributed by atoms with Gasteiger partial charge in [-0.3, -0.25) is 9.59 Å². The van der Waals surface area contributed by atoms with Crippen molar-refractivity contribution in [1.82, 2.24) is 10.2 Å². The first-order valence-corrected chi connectivity index (χ1v) is 12.7. The molecule has 0 aliphatic heterocycles. The monoisotopic (exact) mass is 578 g/mol. The van der Waals surface area contributed by atoms with E-state index in [0.717, 1.165) is 16.9 Å². The van der Waals surface area contributed by atoms with Crippen LogP contribution in [0.2, 0.25) is 0 Å². The smallest absolute Gasteiger partial charge is 0.272 e. The minimum Gasteiger partial charge on any atom is -0.497 e. The second-order valence-corrected chi connectivity index (χ2v) is 11.0. The van der Waals surface area contributed by atoms with Crippen LogP contribution in [0.25, 0.3) is 0 Å². The Kier molecular flexibility index (Phi) is 15.2. The van der Waals surface area contributed by atoms with E-state index in [9.17, 15) is 9.59 Å². The minimum atomic E-state index is -2.18. The number of hydrogen-bond acceptors (Lipinski definition) is 6. The van der Waals surface area contributed by atoms with Gasteiger partial charge in [0.2, 0.25) is 5.91 Å². The second kappa shape index (κ2) is 16.9. The molecular weight excluding hydrogens is 543 g/mol. The van der Waals surface area contributed by atoms with Crippen LogP contribution in [-0.2, 0) is 30.4 Å². The molecule has 0 saturated carbocycles. The number of alkyl halides is 3. The number of hydrogen-bond donors (Lipinski definition) is 1. The molecule has 11 heteroatoms. The van der Waals surface area contributed by atoms with Crippen molar-refractivity contribution in [3.05, 3.63) is 54.1 Å². The Morgan fingerprint density at radius 1 is 1.14 bits per heavy atom. The number of amides is 2. The quantitative estimate of drug-likeness (QED) is 0.134. The summed E-state index contributed by atoms with van der Waals surface area (Å²) >= 11 is 17.5. The van der Waals surface area contributed by atoms with E-state index in [1.807, 2.05) is 31.2 Å². The number of carbonyl (C=O) groups is 2. The highest BCUT2D eigenvalue weighted by Crippen LogP contribution is 2.31. The van der Waals surface area contributed by atoms with E-state index in [-0.39, 0.29) is 38.3 Å². The molecule has 0 aliphatic carbocycles.